The standard InChI is InChI=1S/C18H21N7O/c1-12-4-5-16(20-19-12)23-9-15(10-23)11-24-18(26)7-6-17(22-24)25-14(3)8-13(2)21-25/h4-8,15H,9-11H2,1-3H3. The third-order valence-corrected chi connectivity index (χ3v) is 4.58. The van der Waals surface area contributed by atoms with E-state index < -0.39 is 0 Å². The molecule has 1 aliphatic rings. The molecule has 0 unspecified atom stereocenters. The lowest BCUT2D eigenvalue weighted by Crippen LogP contribution is -2.50. The van der Waals surface area contributed by atoms with Crippen LogP contribution < -0.4 is 10.5 Å². The van der Waals surface area contributed by atoms with Gasteiger partial charge in [0.1, 0.15) is 0 Å². The van der Waals surface area contributed by atoms with Gasteiger partial charge in [-0.15, -0.1) is 10.2 Å². The molecule has 0 aliphatic carbocycles. The molecule has 3 aromatic rings. The molecule has 0 bridgehead atoms. The van der Waals surface area contributed by atoms with Crippen LogP contribution in [-0.2, 0) is 6.54 Å². The number of anilines is 1. The summed E-state index contributed by atoms with van der Waals surface area (Å²) in [5.41, 5.74) is 2.73. The maximum Gasteiger partial charge on any atom is 0.266 e. The van der Waals surface area contributed by atoms with Gasteiger partial charge in [0.25, 0.3) is 5.56 Å². The van der Waals surface area contributed by atoms with Crippen molar-refractivity contribution in [2.45, 2.75) is 27.3 Å². The fourth-order valence-corrected chi connectivity index (χ4v) is 3.22. The second-order valence-corrected chi connectivity index (χ2v) is 6.85. The second-order valence-electron chi connectivity index (χ2n) is 6.85. The Balaban J connectivity index is 1.47. The van der Waals surface area contributed by atoms with Crippen molar-refractivity contribution in [3.8, 4) is 5.82 Å². The second kappa shape index (κ2) is 6.36. The molecule has 134 valence electrons. The van der Waals surface area contributed by atoms with Crippen molar-refractivity contribution >= 4 is 5.82 Å². The SMILES string of the molecule is Cc1ccc(N2CC(Cn3nc(-n4nc(C)cc4C)ccc3=O)C2)nn1. The lowest BCUT2D eigenvalue weighted by molar-refractivity contribution is 0.331. The summed E-state index contributed by atoms with van der Waals surface area (Å²) in [6.07, 6.45) is 0. The van der Waals surface area contributed by atoms with Crippen LogP contribution in [0.15, 0.2) is 35.1 Å². The minimum absolute atomic E-state index is 0.0936. The van der Waals surface area contributed by atoms with Crippen molar-refractivity contribution in [1.82, 2.24) is 29.8 Å². The van der Waals surface area contributed by atoms with Gasteiger partial charge in [-0.25, -0.2) is 9.36 Å². The molecule has 0 aromatic carbocycles. The van der Waals surface area contributed by atoms with Gasteiger partial charge in [0.05, 0.1) is 17.9 Å². The van der Waals surface area contributed by atoms with E-state index in [1.54, 1.807) is 16.8 Å². The molecule has 1 aliphatic heterocycles. The lowest BCUT2D eigenvalue weighted by atomic mass is 10.0. The van der Waals surface area contributed by atoms with Crippen LogP contribution in [0.3, 0.4) is 0 Å². The van der Waals surface area contributed by atoms with Crippen molar-refractivity contribution < 1.29 is 0 Å². The maximum atomic E-state index is 12.2. The molecule has 1 saturated heterocycles. The van der Waals surface area contributed by atoms with Crippen LogP contribution >= 0.6 is 0 Å². The zero-order valence-corrected chi connectivity index (χ0v) is 15.1. The van der Waals surface area contributed by atoms with Gasteiger partial charge in [-0.1, -0.05) is 0 Å². The van der Waals surface area contributed by atoms with Crippen LogP contribution in [0.4, 0.5) is 5.82 Å². The summed E-state index contributed by atoms with van der Waals surface area (Å²) in [5, 5.41) is 17.2. The minimum atomic E-state index is -0.0936. The summed E-state index contributed by atoms with van der Waals surface area (Å²) < 4.78 is 3.30. The van der Waals surface area contributed by atoms with Gasteiger partial charge in [-0.3, -0.25) is 4.79 Å². The number of hydrogen-bond acceptors (Lipinski definition) is 6. The Morgan fingerprint density at radius 1 is 0.962 bits per heavy atom. The highest BCUT2D eigenvalue weighted by Gasteiger charge is 2.29. The van der Waals surface area contributed by atoms with E-state index in [0.29, 0.717) is 18.3 Å². The third-order valence-electron chi connectivity index (χ3n) is 4.58. The van der Waals surface area contributed by atoms with Gasteiger partial charge in [0.15, 0.2) is 11.6 Å². The molecule has 0 saturated carbocycles. The Kier molecular flexibility index (Phi) is 4.02. The third kappa shape index (κ3) is 3.10. The van der Waals surface area contributed by atoms with Crippen LogP contribution in [0.25, 0.3) is 5.82 Å². The largest absolute Gasteiger partial charge is 0.354 e. The quantitative estimate of drug-likeness (QED) is 0.704. The number of aromatic nitrogens is 6. The number of nitrogens with zero attached hydrogens (tertiary/aromatic N) is 7. The minimum Gasteiger partial charge on any atom is -0.354 e. The maximum absolute atomic E-state index is 12.2. The molecule has 4 heterocycles. The summed E-state index contributed by atoms with van der Waals surface area (Å²) in [7, 11) is 0. The smallest absolute Gasteiger partial charge is 0.266 e. The van der Waals surface area contributed by atoms with E-state index in [9.17, 15) is 4.79 Å². The van der Waals surface area contributed by atoms with E-state index in [4.69, 9.17) is 0 Å². The van der Waals surface area contributed by atoms with Gasteiger partial charge in [-0.2, -0.15) is 10.2 Å². The van der Waals surface area contributed by atoms with Gasteiger partial charge >= 0.3 is 0 Å². The average Bonchev–Trinajstić information content (AvgIpc) is 2.92. The summed E-state index contributed by atoms with van der Waals surface area (Å²) in [6, 6.07) is 9.20. The molecular formula is C18H21N7O. The van der Waals surface area contributed by atoms with E-state index >= 15 is 0 Å². The summed E-state index contributed by atoms with van der Waals surface area (Å²) in [5.74, 6) is 1.90. The normalized spacial score (nSPS) is 14.5. The highest BCUT2D eigenvalue weighted by Crippen LogP contribution is 2.23. The molecule has 3 aromatic heterocycles. The van der Waals surface area contributed by atoms with Crippen molar-refractivity contribution in [1.29, 1.82) is 0 Å². The molecule has 0 N–H and O–H groups in total. The van der Waals surface area contributed by atoms with Gasteiger partial charge in [0.2, 0.25) is 0 Å². The molecule has 1 fully saturated rings. The highest BCUT2D eigenvalue weighted by molar-refractivity contribution is 5.40. The Morgan fingerprint density at radius 2 is 1.73 bits per heavy atom. The topological polar surface area (TPSA) is 81.7 Å². The highest BCUT2D eigenvalue weighted by atomic mass is 16.1. The van der Waals surface area contributed by atoms with Crippen molar-refractivity contribution in [2.75, 3.05) is 18.0 Å². The fourth-order valence-electron chi connectivity index (χ4n) is 3.22. The zero-order chi connectivity index (χ0) is 18.3. The van der Waals surface area contributed by atoms with Crippen LogP contribution in [-0.4, -0.2) is 42.8 Å². The van der Waals surface area contributed by atoms with E-state index in [1.807, 2.05) is 39.0 Å². The molecule has 0 spiro atoms. The first-order valence-electron chi connectivity index (χ1n) is 8.67. The summed E-state index contributed by atoms with van der Waals surface area (Å²) in [4.78, 5) is 14.4. The Bertz CT molecular complexity index is 984. The first-order chi connectivity index (χ1) is 12.5. The van der Waals surface area contributed by atoms with E-state index in [-0.39, 0.29) is 5.56 Å². The molecule has 0 amide bonds. The molecule has 8 heteroatoms. The Hall–Kier alpha value is -3.03. The molecule has 8 nitrogen and oxygen atoms in total. The van der Waals surface area contributed by atoms with E-state index in [2.05, 4.69) is 25.3 Å². The van der Waals surface area contributed by atoms with Gasteiger partial charge in [-0.05, 0) is 45.0 Å². The van der Waals surface area contributed by atoms with Crippen molar-refractivity contribution in [2.24, 2.45) is 5.92 Å². The average molecular weight is 351 g/mol. The van der Waals surface area contributed by atoms with Crippen LogP contribution in [0.1, 0.15) is 17.1 Å². The Labute approximate surface area is 151 Å². The zero-order valence-electron chi connectivity index (χ0n) is 15.1. The monoisotopic (exact) mass is 351 g/mol. The molecule has 26 heavy (non-hydrogen) atoms. The summed E-state index contributed by atoms with van der Waals surface area (Å²) >= 11 is 0. The van der Waals surface area contributed by atoms with Gasteiger partial charge in [0, 0.05) is 30.8 Å². The predicted octanol–water partition coefficient (Wildman–Crippen LogP) is 1.28. The number of aryl methyl sites for hydroxylation is 3. The first-order valence-corrected chi connectivity index (χ1v) is 8.67. The van der Waals surface area contributed by atoms with E-state index in [0.717, 1.165) is 36.0 Å². The Morgan fingerprint density at radius 3 is 2.38 bits per heavy atom. The van der Waals surface area contributed by atoms with Crippen LogP contribution in [0.5, 0.6) is 0 Å². The molecule has 4 rings (SSSR count). The molecule has 0 atom stereocenters. The number of hydrogen-bond donors (Lipinski definition) is 0. The fraction of sp³-hybridized carbons (Fsp3) is 0.389. The summed E-state index contributed by atoms with van der Waals surface area (Å²) in [6.45, 7) is 8.11. The van der Waals surface area contributed by atoms with Gasteiger partial charge < -0.3 is 4.90 Å². The van der Waals surface area contributed by atoms with E-state index in [1.165, 1.54) is 4.68 Å². The first kappa shape index (κ1) is 16.4. The van der Waals surface area contributed by atoms with Crippen LogP contribution in [0.2, 0.25) is 0 Å². The van der Waals surface area contributed by atoms with Crippen molar-refractivity contribution in [3.05, 3.63) is 57.8 Å². The predicted molar refractivity (Wildman–Crippen MR) is 97.6 cm³/mol. The molecule has 0 radical (unpaired) electrons. The van der Waals surface area contributed by atoms with Crippen LogP contribution in [0, 0.1) is 26.7 Å². The lowest BCUT2D eigenvalue weighted by Gasteiger charge is -2.39. The molecular weight excluding hydrogens is 330 g/mol. The number of rotatable bonds is 4. The van der Waals surface area contributed by atoms with Crippen molar-refractivity contribution in [3.63, 3.8) is 0 Å².